The number of carbonyl (C=O) groups excluding carboxylic acids is 1. The van der Waals surface area contributed by atoms with Crippen LogP contribution in [0.4, 0.5) is 11.4 Å². The second-order valence-electron chi connectivity index (χ2n) is 6.04. The van der Waals surface area contributed by atoms with E-state index in [0.717, 1.165) is 36.0 Å². The van der Waals surface area contributed by atoms with E-state index in [1.54, 1.807) is 0 Å². The van der Waals surface area contributed by atoms with Gasteiger partial charge in [0, 0.05) is 24.3 Å². The van der Waals surface area contributed by atoms with Gasteiger partial charge in [0.25, 0.3) is 0 Å². The molecule has 126 valence electrons. The second kappa shape index (κ2) is 6.43. The first-order chi connectivity index (χ1) is 12.3. The van der Waals surface area contributed by atoms with E-state index >= 15 is 0 Å². The molecule has 1 fully saturated rings. The van der Waals surface area contributed by atoms with Crippen molar-refractivity contribution >= 4 is 29.4 Å². The van der Waals surface area contributed by atoms with Crippen LogP contribution in [0.25, 0.3) is 6.08 Å². The Labute approximate surface area is 146 Å². The van der Waals surface area contributed by atoms with Crippen LogP contribution in [0.1, 0.15) is 5.56 Å². The van der Waals surface area contributed by atoms with Crippen molar-refractivity contribution in [2.45, 2.75) is 0 Å². The Morgan fingerprint density at radius 3 is 2.60 bits per heavy atom. The van der Waals surface area contributed by atoms with E-state index in [9.17, 15) is 4.79 Å². The van der Waals surface area contributed by atoms with E-state index in [1.807, 2.05) is 48.5 Å². The van der Waals surface area contributed by atoms with Crippen LogP contribution >= 0.6 is 0 Å². The van der Waals surface area contributed by atoms with Gasteiger partial charge in [-0.2, -0.15) is 0 Å². The van der Waals surface area contributed by atoms with Gasteiger partial charge in [-0.1, -0.05) is 36.4 Å². The molecule has 0 atom stereocenters. The largest absolute Gasteiger partial charge is 0.466 e. The molecule has 0 unspecified atom stereocenters. The first-order valence-corrected chi connectivity index (χ1v) is 8.30. The van der Waals surface area contributed by atoms with Crippen molar-refractivity contribution in [2.75, 3.05) is 31.6 Å². The number of guanidine groups is 1. The van der Waals surface area contributed by atoms with Gasteiger partial charge < -0.3 is 14.5 Å². The smallest absolute Gasteiger partial charge is 0.335 e. The maximum absolute atomic E-state index is 12.2. The van der Waals surface area contributed by atoms with Crippen molar-refractivity contribution < 1.29 is 9.53 Å². The van der Waals surface area contributed by atoms with Crippen LogP contribution in [0.15, 0.2) is 65.2 Å². The predicted octanol–water partition coefficient (Wildman–Crippen LogP) is 3.07. The molecular formula is C20H19N3O2. The Balaban J connectivity index is 1.81. The van der Waals surface area contributed by atoms with Gasteiger partial charge in [0.05, 0.1) is 24.9 Å². The first kappa shape index (κ1) is 15.4. The van der Waals surface area contributed by atoms with Gasteiger partial charge in [0.2, 0.25) is 5.96 Å². The van der Waals surface area contributed by atoms with Crippen molar-refractivity contribution in [3.05, 3.63) is 65.7 Å². The Hall–Kier alpha value is -3.08. The van der Waals surface area contributed by atoms with Gasteiger partial charge >= 0.3 is 5.97 Å². The number of hydrogen-bond donors (Lipinski definition) is 0. The highest BCUT2D eigenvalue weighted by Crippen LogP contribution is 2.29. The minimum atomic E-state index is -0.297. The lowest BCUT2D eigenvalue weighted by molar-refractivity contribution is -0.136. The van der Waals surface area contributed by atoms with Gasteiger partial charge in [-0.15, -0.1) is 0 Å². The number of methoxy groups -OCH3 is 1. The standard InChI is InChI=1S/C20H19N3O2/c1-25-19(24)16-13-15-7-5-6-10-18(15)21-20-22(14-16)11-12-23(20)17-8-3-2-4-9-17/h2-10,13H,11-12,14H2,1H3/b16-13+,21-20?. The molecule has 0 amide bonds. The molecule has 0 bridgehead atoms. The van der Waals surface area contributed by atoms with E-state index < -0.39 is 0 Å². The Kier molecular flexibility index (Phi) is 3.98. The summed E-state index contributed by atoms with van der Waals surface area (Å²) in [6.07, 6.45) is 1.88. The quantitative estimate of drug-likeness (QED) is 0.793. The van der Waals surface area contributed by atoms with Gasteiger partial charge in [0.15, 0.2) is 0 Å². The maximum atomic E-state index is 12.2. The molecule has 0 saturated carbocycles. The molecule has 4 rings (SSSR count). The lowest BCUT2D eigenvalue weighted by Crippen LogP contribution is -2.36. The molecule has 0 spiro atoms. The Morgan fingerprint density at radius 1 is 1.04 bits per heavy atom. The summed E-state index contributed by atoms with van der Waals surface area (Å²) in [5.74, 6) is 0.572. The van der Waals surface area contributed by atoms with Crippen LogP contribution in [0.2, 0.25) is 0 Å². The second-order valence-corrected chi connectivity index (χ2v) is 6.04. The lowest BCUT2D eigenvalue weighted by atomic mass is 10.1. The van der Waals surface area contributed by atoms with Gasteiger partial charge in [-0.05, 0) is 24.3 Å². The number of rotatable bonds is 2. The van der Waals surface area contributed by atoms with Crippen LogP contribution in [-0.4, -0.2) is 43.6 Å². The Bertz CT molecular complexity index is 858. The minimum absolute atomic E-state index is 0.297. The van der Waals surface area contributed by atoms with Crippen molar-refractivity contribution in [1.82, 2.24) is 4.90 Å². The minimum Gasteiger partial charge on any atom is -0.466 e. The van der Waals surface area contributed by atoms with Crippen LogP contribution in [0.5, 0.6) is 0 Å². The zero-order valence-electron chi connectivity index (χ0n) is 14.1. The van der Waals surface area contributed by atoms with Gasteiger partial charge in [0.1, 0.15) is 0 Å². The van der Waals surface area contributed by atoms with Crippen molar-refractivity contribution in [3.8, 4) is 0 Å². The number of hydrogen-bond acceptors (Lipinski definition) is 5. The molecule has 1 saturated heterocycles. The number of carbonyl (C=O) groups is 1. The maximum Gasteiger partial charge on any atom is 0.335 e. The highest BCUT2D eigenvalue weighted by Gasteiger charge is 2.31. The fourth-order valence-electron chi connectivity index (χ4n) is 3.24. The van der Waals surface area contributed by atoms with Gasteiger partial charge in [-0.3, -0.25) is 0 Å². The molecular weight excluding hydrogens is 314 g/mol. The first-order valence-electron chi connectivity index (χ1n) is 8.30. The van der Waals surface area contributed by atoms with E-state index in [2.05, 4.69) is 21.9 Å². The van der Waals surface area contributed by atoms with E-state index in [4.69, 9.17) is 9.73 Å². The monoisotopic (exact) mass is 333 g/mol. The van der Waals surface area contributed by atoms with Crippen LogP contribution < -0.4 is 4.90 Å². The number of para-hydroxylation sites is 2. The molecule has 2 aromatic carbocycles. The summed E-state index contributed by atoms with van der Waals surface area (Å²) in [6.45, 7) is 2.13. The third-order valence-electron chi connectivity index (χ3n) is 4.48. The molecule has 2 aromatic rings. The molecule has 0 N–H and O–H groups in total. The predicted molar refractivity (Wildman–Crippen MR) is 98.9 cm³/mol. The molecule has 2 heterocycles. The third kappa shape index (κ3) is 2.89. The number of fused-ring (bicyclic) bond motifs is 2. The van der Waals surface area contributed by atoms with E-state index in [1.165, 1.54) is 7.11 Å². The zero-order chi connectivity index (χ0) is 17.2. The highest BCUT2D eigenvalue weighted by molar-refractivity contribution is 6.03. The summed E-state index contributed by atoms with van der Waals surface area (Å²) in [7, 11) is 1.42. The average molecular weight is 333 g/mol. The molecule has 5 nitrogen and oxygen atoms in total. The number of benzene rings is 2. The fraction of sp³-hybridized carbons (Fsp3) is 0.200. The third-order valence-corrected chi connectivity index (χ3v) is 4.48. The summed E-state index contributed by atoms with van der Waals surface area (Å²) in [5.41, 5.74) is 3.52. The summed E-state index contributed by atoms with van der Waals surface area (Å²) >= 11 is 0. The summed E-state index contributed by atoms with van der Waals surface area (Å²) < 4.78 is 4.97. The zero-order valence-corrected chi connectivity index (χ0v) is 14.1. The lowest BCUT2D eigenvalue weighted by Gasteiger charge is -2.25. The fourth-order valence-corrected chi connectivity index (χ4v) is 3.24. The number of anilines is 1. The Morgan fingerprint density at radius 2 is 1.80 bits per heavy atom. The number of ether oxygens (including phenoxy) is 1. The molecule has 2 aliphatic rings. The van der Waals surface area contributed by atoms with Crippen molar-refractivity contribution in [2.24, 2.45) is 4.99 Å². The topological polar surface area (TPSA) is 45.1 Å². The molecule has 25 heavy (non-hydrogen) atoms. The summed E-state index contributed by atoms with van der Waals surface area (Å²) in [4.78, 5) is 21.4. The molecule has 2 aliphatic heterocycles. The van der Waals surface area contributed by atoms with Crippen molar-refractivity contribution in [1.29, 1.82) is 0 Å². The number of esters is 1. The summed E-state index contributed by atoms with van der Waals surface area (Å²) in [5, 5.41) is 0. The number of nitrogens with zero attached hydrogens (tertiary/aromatic N) is 3. The summed E-state index contributed by atoms with van der Waals surface area (Å²) in [6, 6.07) is 18.1. The van der Waals surface area contributed by atoms with Gasteiger partial charge in [-0.25, -0.2) is 9.79 Å². The number of aliphatic imine (C=N–C) groups is 1. The van der Waals surface area contributed by atoms with Crippen LogP contribution in [0.3, 0.4) is 0 Å². The van der Waals surface area contributed by atoms with Crippen molar-refractivity contribution in [3.63, 3.8) is 0 Å². The normalized spacial score (nSPS) is 18.3. The SMILES string of the molecule is COC(=O)/C1=C/c2ccccc2N=C2N(CCN2c2ccccc2)C1. The molecule has 0 aromatic heterocycles. The highest BCUT2D eigenvalue weighted by atomic mass is 16.5. The van der Waals surface area contributed by atoms with Crippen LogP contribution in [-0.2, 0) is 9.53 Å². The van der Waals surface area contributed by atoms with E-state index in [-0.39, 0.29) is 5.97 Å². The van der Waals surface area contributed by atoms with Crippen LogP contribution in [0, 0.1) is 0 Å². The molecule has 5 heteroatoms. The van der Waals surface area contributed by atoms with E-state index in [0.29, 0.717) is 12.1 Å². The molecule has 0 radical (unpaired) electrons. The average Bonchev–Trinajstić information content (AvgIpc) is 3.02. The molecule has 0 aliphatic carbocycles.